The Morgan fingerprint density at radius 2 is 2.00 bits per heavy atom. The number of aryl methyl sites for hydroxylation is 1. The van der Waals surface area contributed by atoms with Crippen molar-refractivity contribution < 1.29 is 9.47 Å². The topological polar surface area (TPSA) is 74.1 Å². The first-order valence-corrected chi connectivity index (χ1v) is 7.77. The van der Waals surface area contributed by atoms with E-state index in [0.717, 1.165) is 22.8 Å². The highest BCUT2D eigenvalue weighted by Gasteiger charge is 2.15. The van der Waals surface area contributed by atoms with Crippen molar-refractivity contribution in [1.82, 2.24) is 20.0 Å². The van der Waals surface area contributed by atoms with Crippen LogP contribution in [0, 0.1) is 6.92 Å². The van der Waals surface area contributed by atoms with E-state index in [-0.39, 0.29) is 0 Å². The lowest BCUT2D eigenvalue weighted by atomic mass is 10.1. The highest BCUT2D eigenvalue weighted by Crippen LogP contribution is 2.33. The van der Waals surface area contributed by atoms with E-state index in [4.69, 9.17) is 9.47 Å². The molecule has 0 radical (unpaired) electrons. The van der Waals surface area contributed by atoms with E-state index in [1.54, 1.807) is 4.68 Å². The zero-order valence-corrected chi connectivity index (χ0v) is 13.3. The van der Waals surface area contributed by atoms with Crippen molar-refractivity contribution >= 4 is 5.82 Å². The summed E-state index contributed by atoms with van der Waals surface area (Å²) in [5.41, 5.74) is 1.97. The number of fused-ring (bicyclic) bond motifs is 1. The number of hydrogen-bond acceptors (Lipinski definition) is 6. The predicted octanol–water partition coefficient (Wildman–Crippen LogP) is 2.35. The van der Waals surface area contributed by atoms with Gasteiger partial charge in [0.2, 0.25) is 0 Å². The Bertz CT molecular complexity index is 844. The lowest BCUT2D eigenvalue weighted by Crippen LogP contribution is -2.17. The summed E-state index contributed by atoms with van der Waals surface area (Å²) < 4.78 is 13.0. The average molecular weight is 323 g/mol. The van der Waals surface area contributed by atoms with Gasteiger partial charge in [-0.05, 0) is 31.2 Å². The van der Waals surface area contributed by atoms with E-state index in [0.29, 0.717) is 31.4 Å². The van der Waals surface area contributed by atoms with Gasteiger partial charge in [-0.2, -0.15) is 5.10 Å². The number of anilines is 1. The number of ether oxygens (including phenoxy) is 2. The van der Waals surface area contributed by atoms with Gasteiger partial charge in [0.05, 0.1) is 5.69 Å². The van der Waals surface area contributed by atoms with Gasteiger partial charge in [0.15, 0.2) is 17.3 Å². The molecule has 7 heteroatoms. The smallest absolute Gasteiger partial charge is 0.175 e. The second-order valence-electron chi connectivity index (χ2n) is 5.47. The van der Waals surface area contributed by atoms with Gasteiger partial charge in [-0.1, -0.05) is 12.1 Å². The predicted molar refractivity (Wildman–Crippen MR) is 88.6 cm³/mol. The third-order valence-corrected chi connectivity index (χ3v) is 3.72. The normalized spacial score (nSPS) is 12.9. The van der Waals surface area contributed by atoms with Crippen LogP contribution in [0.25, 0.3) is 5.82 Å². The van der Waals surface area contributed by atoms with Crippen LogP contribution in [0.2, 0.25) is 0 Å². The molecule has 0 saturated carbocycles. The van der Waals surface area contributed by atoms with Gasteiger partial charge in [0, 0.05) is 18.3 Å². The number of aromatic nitrogens is 4. The Labute approximate surface area is 139 Å². The molecule has 0 spiro atoms. The quantitative estimate of drug-likeness (QED) is 0.794. The average Bonchev–Trinajstić information content (AvgIpc) is 3.07. The van der Waals surface area contributed by atoms with Crippen LogP contribution in [-0.4, -0.2) is 33.2 Å². The van der Waals surface area contributed by atoms with Crippen LogP contribution in [0.3, 0.4) is 0 Å². The zero-order chi connectivity index (χ0) is 16.4. The molecule has 0 amide bonds. The Hall–Kier alpha value is -3.09. The number of nitrogens with one attached hydrogen (secondary N) is 1. The third-order valence-electron chi connectivity index (χ3n) is 3.72. The Balaban J connectivity index is 1.47. The molecule has 4 rings (SSSR count). The van der Waals surface area contributed by atoms with Gasteiger partial charge in [0.1, 0.15) is 19.0 Å². The molecule has 0 bridgehead atoms. The van der Waals surface area contributed by atoms with Gasteiger partial charge in [-0.25, -0.2) is 4.68 Å². The SMILES string of the molecule is Cc1ccn(-c2ccc(NCc3cccc4c3OCCO4)nn2)n1. The van der Waals surface area contributed by atoms with Crippen molar-refractivity contribution in [1.29, 1.82) is 0 Å². The van der Waals surface area contributed by atoms with E-state index in [9.17, 15) is 0 Å². The molecule has 0 atom stereocenters. The lowest BCUT2D eigenvalue weighted by molar-refractivity contribution is 0.170. The maximum absolute atomic E-state index is 5.71. The third kappa shape index (κ3) is 2.88. The van der Waals surface area contributed by atoms with E-state index < -0.39 is 0 Å². The van der Waals surface area contributed by atoms with Crippen LogP contribution in [0.4, 0.5) is 5.82 Å². The molecule has 1 aliphatic rings. The minimum Gasteiger partial charge on any atom is -0.486 e. The van der Waals surface area contributed by atoms with E-state index >= 15 is 0 Å². The van der Waals surface area contributed by atoms with E-state index in [1.165, 1.54) is 0 Å². The fraction of sp³-hybridized carbons (Fsp3) is 0.235. The molecule has 3 heterocycles. The number of nitrogens with zero attached hydrogens (tertiary/aromatic N) is 4. The molecule has 0 saturated heterocycles. The first-order chi connectivity index (χ1) is 11.8. The van der Waals surface area contributed by atoms with Crippen LogP contribution in [-0.2, 0) is 6.54 Å². The molecule has 7 nitrogen and oxygen atoms in total. The Kier molecular flexibility index (Phi) is 3.74. The molecule has 24 heavy (non-hydrogen) atoms. The maximum atomic E-state index is 5.71. The molecular formula is C17H17N5O2. The summed E-state index contributed by atoms with van der Waals surface area (Å²) in [4.78, 5) is 0. The van der Waals surface area contributed by atoms with Crippen molar-refractivity contribution in [3.8, 4) is 17.3 Å². The summed E-state index contributed by atoms with van der Waals surface area (Å²) in [5, 5.41) is 16.0. The summed E-state index contributed by atoms with van der Waals surface area (Å²) in [5.74, 6) is 2.96. The summed E-state index contributed by atoms with van der Waals surface area (Å²) in [6.45, 7) is 3.68. The first kappa shape index (κ1) is 14.5. The molecule has 3 aromatic rings. The molecular weight excluding hydrogens is 306 g/mol. The van der Waals surface area contributed by atoms with Crippen LogP contribution in [0.5, 0.6) is 11.5 Å². The largest absolute Gasteiger partial charge is 0.486 e. The molecule has 2 aromatic heterocycles. The summed E-state index contributed by atoms with van der Waals surface area (Å²) in [6, 6.07) is 11.6. The lowest BCUT2D eigenvalue weighted by Gasteiger charge is -2.21. The van der Waals surface area contributed by atoms with Crippen molar-refractivity contribution in [3.63, 3.8) is 0 Å². The number of hydrogen-bond donors (Lipinski definition) is 1. The second-order valence-corrected chi connectivity index (χ2v) is 5.47. The molecule has 0 aliphatic carbocycles. The Morgan fingerprint density at radius 1 is 1.08 bits per heavy atom. The monoisotopic (exact) mass is 323 g/mol. The van der Waals surface area contributed by atoms with Crippen LogP contribution < -0.4 is 14.8 Å². The van der Waals surface area contributed by atoms with Gasteiger partial charge < -0.3 is 14.8 Å². The fourth-order valence-corrected chi connectivity index (χ4v) is 2.54. The standard InChI is InChI=1S/C17H17N5O2/c1-12-7-8-22(21-12)16-6-5-15(19-20-16)18-11-13-3-2-4-14-17(13)24-10-9-23-14/h2-8H,9-11H2,1H3,(H,18,19). The molecule has 1 aliphatic heterocycles. The second kappa shape index (κ2) is 6.19. The summed E-state index contributed by atoms with van der Waals surface area (Å²) in [6.07, 6.45) is 1.86. The molecule has 0 unspecified atom stereocenters. The van der Waals surface area contributed by atoms with Crippen molar-refractivity contribution in [3.05, 3.63) is 53.9 Å². The van der Waals surface area contributed by atoms with Crippen LogP contribution >= 0.6 is 0 Å². The number of para-hydroxylation sites is 1. The van der Waals surface area contributed by atoms with Crippen molar-refractivity contribution in [2.45, 2.75) is 13.5 Å². The molecule has 1 aromatic carbocycles. The molecule has 1 N–H and O–H groups in total. The highest BCUT2D eigenvalue weighted by atomic mass is 16.6. The van der Waals surface area contributed by atoms with Gasteiger partial charge in [-0.15, -0.1) is 10.2 Å². The summed E-state index contributed by atoms with van der Waals surface area (Å²) in [7, 11) is 0. The zero-order valence-electron chi connectivity index (χ0n) is 13.3. The number of benzene rings is 1. The minimum absolute atomic E-state index is 0.571. The molecule has 0 fully saturated rings. The minimum atomic E-state index is 0.571. The van der Waals surface area contributed by atoms with Crippen molar-refractivity contribution in [2.75, 3.05) is 18.5 Å². The Morgan fingerprint density at radius 3 is 2.79 bits per heavy atom. The van der Waals surface area contributed by atoms with Crippen LogP contribution in [0.1, 0.15) is 11.3 Å². The van der Waals surface area contributed by atoms with Gasteiger partial charge in [-0.3, -0.25) is 0 Å². The fourth-order valence-electron chi connectivity index (χ4n) is 2.54. The van der Waals surface area contributed by atoms with Crippen LogP contribution in [0.15, 0.2) is 42.6 Å². The number of rotatable bonds is 4. The van der Waals surface area contributed by atoms with E-state index in [1.807, 2.05) is 49.5 Å². The maximum Gasteiger partial charge on any atom is 0.175 e. The van der Waals surface area contributed by atoms with E-state index in [2.05, 4.69) is 20.6 Å². The van der Waals surface area contributed by atoms with Gasteiger partial charge >= 0.3 is 0 Å². The van der Waals surface area contributed by atoms with Gasteiger partial charge in [0.25, 0.3) is 0 Å². The van der Waals surface area contributed by atoms with Crippen molar-refractivity contribution in [2.24, 2.45) is 0 Å². The first-order valence-electron chi connectivity index (χ1n) is 7.77. The summed E-state index contributed by atoms with van der Waals surface area (Å²) >= 11 is 0. The molecule has 122 valence electrons. The highest BCUT2D eigenvalue weighted by molar-refractivity contribution is 5.49.